The first-order chi connectivity index (χ1) is 11.5. The molecule has 2 amide bonds. The Morgan fingerprint density at radius 2 is 1.71 bits per heavy atom. The van der Waals surface area contributed by atoms with Gasteiger partial charge in [0.1, 0.15) is 0 Å². The average molecular weight is 368 g/mol. The van der Waals surface area contributed by atoms with Gasteiger partial charge < -0.3 is 14.3 Å². The van der Waals surface area contributed by atoms with E-state index < -0.39 is 0 Å². The van der Waals surface area contributed by atoms with Crippen molar-refractivity contribution >= 4 is 35.0 Å². The van der Waals surface area contributed by atoms with E-state index in [0.717, 1.165) is 0 Å². The van der Waals surface area contributed by atoms with E-state index in [1.54, 1.807) is 41.0 Å². The van der Waals surface area contributed by atoms with Crippen LogP contribution in [0.4, 0.5) is 0 Å². The number of halogens is 2. The van der Waals surface area contributed by atoms with Gasteiger partial charge in [0.15, 0.2) is 0 Å². The summed E-state index contributed by atoms with van der Waals surface area (Å²) < 4.78 is 5.00. The number of amides is 2. The Bertz CT molecular complexity index is 783. The van der Waals surface area contributed by atoms with Crippen LogP contribution < -0.4 is 0 Å². The zero-order valence-electron chi connectivity index (χ0n) is 13.0. The Labute approximate surface area is 148 Å². The fourth-order valence-corrected chi connectivity index (χ4v) is 2.95. The van der Waals surface area contributed by atoms with Crippen LogP contribution >= 0.6 is 23.2 Å². The summed E-state index contributed by atoms with van der Waals surface area (Å²) in [6.07, 6.45) is 0. The third-order valence-corrected chi connectivity index (χ3v) is 4.69. The van der Waals surface area contributed by atoms with E-state index in [2.05, 4.69) is 5.16 Å². The summed E-state index contributed by atoms with van der Waals surface area (Å²) in [5, 5.41) is 4.31. The molecule has 8 heteroatoms. The molecule has 1 aromatic heterocycles. The normalized spacial score (nSPS) is 14.8. The van der Waals surface area contributed by atoms with Crippen molar-refractivity contribution in [2.45, 2.75) is 6.92 Å². The molecule has 0 radical (unpaired) electrons. The van der Waals surface area contributed by atoms with E-state index in [-0.39, 0.29) is 22.6 Å². The largest absolute Gasteiger partial charge is 0.351 e. The van der Waals surface area contributed by atoms with Gasteiger partial charge in [-0.1, -0.05) is 34.4 Å². The number of aromatic nitrogens is 1. The number of nitrogens with zero attached hydrogens (tertiary/aromatic N) is 3. The molecule has 0 saturated carbocycles. The minimum Gasteiger partial charge on any atom is -0.351 e. The highest BCUT2D eigenvalue weighted by molar-refractivity contribution is 6.43. The monoisotopic (exact) mass is 367 g/mol. The maximum atomic E-state index is 12.6. The van der Waals surface area contributed by atoms with Crippen LogP contribution in [0.1, 0.15) is 26.6 Å². The van der Waals surface area contributed by atoms with E-state index in [0.29, 0.717) is 42.5 Å². The van der Waals surface area contributed by atoms with Gasteiger partial charge in [0.25, 0.3) is 11.8 Å². The van der Waals surface area contributed by atoms with E-state index >= 15 is 0 Å². The molecule has 1 fully saturated rings. The van der Waals surface area contributed by atoms with Crippen LogP contribution in [0.15, 0.2) is 28.8 Å². The zero-order valence-corrected chi connectivity index (χ0v) is 14.5. The van der Waals surface area contributed by atoms with Gasteiger partial charge in [-0.25, -0.2) is 0 Å². The first kappa shape index (κ1) is 16.8. The zero-order chi connectivity index (χ0) is 17.3. The lowest BCUT2D eigenvalue weighted by atomic mass is 10.1. The molecular weight excluding hydrogens is 353 g/mol. The second-order valence-electron chi connectivity index (χ2n) is 5.52. The van der Waals surface area contributed by atoms with Crippen LogP contribution in [-0.2, 0) is 0 Å². The van der Waals surface area contributed by atoms with Gasteiger partial charge in [-0.15, -0.1) is 0 Å². The highest BCUT2D eigenvalue weighted by Crippen LogP contribution is 2.26. The first-order valence-corrected chi connectivity index (χ1v) is 8.19. The van der Waals surface area contributed by atoms with Crippen molar-refractivity contribution in [1.29, 1.82) is 0 Å². The Morgan fingerprint density at radius 3 is 2.29 bits per heavy atom. The maximum Gasteiger partial charge on any atom is 0.292 e. The SMILES string of the molecule is Cc1cc(C(=O)N2CCN(C(=O)c3cccc(Cl)c3Cl)CC2)on1. The molecule has 126 valence electrons. The van der Waals surface area contributed by atoms with Crippen LogP contribution in [0.3, 0.4) is 0 Å². The maximum absolute atomic E-state index is 12.6. The standard InChI is InChI=1S/C16H15Cl2N3O3/c1-10-9-13(24-19-10)16(23)21-7-5-20(6-8-21)15(22)11-3-2-4-12(17)14(11)18/h2-4,9H,5-8H2,1H3. The lowest BCUT2D eigenvalue weighted by molar-refractivity contribution is 0.0513. The highest BCUT2D eigenvalue weighted by atomic mass is 35.5. The Morgan fingerprint density at radius 1 is 1.08 bits per heavy atom. The van der Waals surface area contributed by atoms with Gasteiger partial charge in [-0.05, 0) is 19.1 Å². The summed E-state index contributed by atoms with van der Waals surface area (Å²) in [6.45, 7) is 3.43. The molecule has 0 bridgehead atoms. The number of carbonyl (C=O) groups is 2. The summed E-state index contributed by atoms with van der Waals surface area (Å²) in [5.41, 5.74) is 1.03. The summed E-state index contributed by atoms with van der Waals surface area (Å²) in [7, 11) is 0. The average Bonchev–Trinajstić information content (AvgIpc) is 3.03. The number of rotatable bonds is 2. The molecule has 1 aromatic carbocycles. The molecule has 2 aromatic rings. The quantitative estimate of drug-likeness (QED) is 0.818. The van der Waals surface area contributed by atoms with Crippen molar-refractivity contribution in [2.24, 2.45) is 0 Å². The van der Waals surface area contributed by atoms with Crippen LogP contribution in [0.25, 0.3) is 0 Å². The minimum atomic E-state index is -0.219. The summed E-state index contributed by atoms with van der Waals surface area (Å²) >= 11 is 12.1. The molecule has 1 aliphatic heterocycles. The van der Waals surface area contributed by atoms with Gasteiger partial charge in [-0.2, -0.15) is 0 Å². The van der Waals surface area contributed by atoms with Crippen molar-refractivity contribution in [3.05, 3.63) is 51.3 Å². The van der Waals surface area contributed by atoms with E-state index in [1.807, 2.05) is 0 Å². The molecule has 0 atom stereocenters. The summed E-state index contributed by atoms with van der Waals surface area (Å²) in [6, 6.07) is 6.57. The molecule has 1 aliphatic rings. The predicted molar refractivity (Wildman–Crippen MR) is 89.5 cm³/mol. The summed E-state index contributed by atoms with van der Waals surface area (Å²) in [4.78, 5) is 28.2. The topological polar surface area (TPSA) is 66.7 Å². The third-order valence-electron chi connectivity index (χ3n) is 3.87. The van der Waals surface area contributed by atoms with Gasteiger partial charge in [0, 0.05) is 32.2 Å². The van der Waals surface area contributed by atoms with Crippen LogP contribution in [0, 0.1) is 6.92 Å². The minimum absolute atomic E-state index is 0.190. The van der Waals surface area contributed by atoms with E-state index in [9.17, 15) is 9.59 Å². The smallest absolute Gasteiger partial charge is 0.292 e. The molecule has 0 unspecified atom stereocenters. The lowest BCUT2D eigenvalue weighted by Gasteiger charge is -2.34. The third kappa shape index (κ3) is 3.25. The van der Waals surface area contributed by atoms with Crippen LogP contribution in [0.2, 0.25) is 10.0 Å². The molecule has 0 aliphatic carbocycles. The Kier molecular flexibility index (Phi) is 4.78. The first-order valence-electron chi connectivity index (χ1n) is 7.43. The van der Waals surface area contributed by atoms with Crippen LogP contribution in [-0.4, -0.2) is 52.9 Å². The predicted octanol–water partition coefficient (Wildman–Crippen LogP) is 2.89. The second kappa shape index (κ2) is 6.83. The van der Waals surface area contributed by atoms with Gasteiger partial charge in [0.05, 0.1) is 21.3 Å². The van der Waals surface area contributed by atoms with E-state index in [1.165, 1.54) is 0 Å². The van der Waals surface area contributed by atoms with Crippen molar-refractivity contribution in [3.63, 3.8) is 0 Å². The highest BCUT2D eigenvalue weighted by Gasteiger charge is 2.28. The number of hydrogen-bond donors (Lipinski definition) is 0. The van der Waals surface area contributed by atoms with Gasteiger partial charge in [0.2, 0.25) is 5.76 Å². The number of aryl methyl sites for hydroxylation is 1. The number of benzene rings is 1. The van der Waals surface area contributed by atoms with Crippen LogP contribution in [0.5, 0.6) is 0 Å². The Balaban J connectivity index is 1.65. The Hall–Kier alpha value is -2.05. The number of hydrogen-bond acceptors (Lipinski definition) is 4. The van der Waals surface area contributed by atoms with Crippen molar-refractivity contribution in [3.8, 4) is 0 Å². The molecule has 6 nitrogen and oxygen atoms in total. The molecule has 24 heavy (non-hydrogen) atoms. The van der Waals surface area contributed by atoms with Gasteiger partial charge >= 0.3 is 0 Å². The molecule has 3 rings (SSSR count). The van der Waals surface area contributed by atoms with Crippen molar-refractivity contribution in [1.82, 2.24) is 15.0 Å². The molecule has 0 N–H and O–H groups in total. The number of piperazine rings is 1. The molecule has 0 spiro atoms. The van der Waals surface area contributed by atoms with Gasteiger partial charge in [-0.3, -0.25) is 9.59 Å². The van der Waals surface area contributed by atoms with E-state index in [4.69, 9.17) is 27.7 Å². The molecular formula is C16H15Cl2N3O3. The summed E-state index contributed by atoms with van der Waals surface area (Å²) in [5.74, 6) is -0.196. The van der Waals surface area contributed by atoms with Crippen molar-refractivity contribution in [2.75, 3.05) is 26.2 Å². The van der Waals surface area contributed by atoms with Crippen molar-refractivity contribution < 1.29 is 14.1 Å². The lowest BCUT2D eigenvalue weighted by Crippen LogP contribution is -2.50. The number of carbonyl (C=O) groups excluding carboxylic acids is 2. The molecule has 1 saturated heterocycles. The molecule has 2 heterocycles. The fourth-order valence-electron chi connectivity index (χ4n) is 2.57. The second-order valence-corrected chi connectivity index (χ2v) is 6.30. The fraction of sp³-hybridized carbons (Fsp3) is 0.312.